The van der Waals surface area contributed by atoms with Gasteiger partial charge in [-0.25, -0.2) is 0 Å². The lowest BCUT2D eigenvalue weighted by Gasteiger charge is -2.26. The number of phenols is 1. The third kappa shape index (κ3) is 0.863. The lowest BCUT2D eigenvalue weighted by molar-refractivity contribution is -0.139. The minimum atomic E-state index is -0.784. The summed E-state index contributed by atoms with van der Waals surface area (Å²) in [6.45, 7) is 0. The molecule has 2 N–H and O–H groups in total. The molecule has 0 radical (unpaired) electrons. The lowest BCUT2D eigenvalue weighted by atomic mass is 9.77. The summed E-state index contributed by atoms with van der Waals surface area (Å²) in [5.74, 6) is -0.939. The Kier molecular flexibility index (Phi) is 1.33. The lowest BCUT2D eigenvalue weighted by Crippen LogP contribution is -2.24. The van der Waals surface area contributed by atoms with Crippen molar-refractivity contribution in [2.45, 2.75) is 12.3 Å². The van der Waals surface area contributed by atoms with E-state index in [0.29, 0.717) is 6.42 Å². The van der Waals surface area contributed by atoms with E-state index in [1.807, 2.05) is 0 Å². The molecule has 3 heteroatoms. The van der Waals surface area contributed by atoms with Crippen molar-refractivity contribution in [3.63, 3.8) is 0 Å². The number of aliphatic carboxylic acids is 1. The van der Waals surface area contributed by atoms with Gasteiger partial charge in [-0.15, -0.1) is 0 Å². The van der Waals surface area contributed by atoms with Crippen molar-refractivity contribution in [2.24, 2.45) is 0 Å². The molecule has 1 atom stereocenters. The van der Waals surface area contributed by atoms with Crippen molar-refractivity contribution in [3.05, 3.63) is 29.3 Å². The van der Waals surface area contributed by atoms with Crippen LogP contribution in [0, 0.1) is 0 Å². The largest absolute Gasteiger partial charge is 0.508 e. The van der Waals surface area contributed by atoms with Crippen LogP contribution >= 0.6 is 0 Å². The van der Waals surface area contributed by atoms with Gasteiger partial charge in [0.05, 0.1) is 5.92 Å². The van der Waals surface area contributed by atoms with Gasteiger partial charge in [0.15, 0.2) is 0 Å². The minimum Gasteiger partial charge on any atom is -0.508 e. The molecule has 0 saturated carbocycles. The van der Waals surface area contributed by atoms with Gasteiger partial charge in [0.25, 0.3) is 0 Å². The van der Waals surface area contributed by atoms with E-state index in [9.17, 15) is 4.79 Å². The van der Waals surface area contributed by atoms with E-state index in [0.717, 1.165) is 11.1 Å². The van der Waals surface area contributed by atoms with Gasteiger partial charge in [-0.3, -0.25) is 4.79 Å². The van der Waals surface area contributed by atoms with E-state index in [2.05, 4.69) is 0 Å². The molecule has 1 aromatic carbocycles. The van der Waals surface area contributed by atoms with Crippen LogP contribution in [0.2, 0.25) is 0 Å². The number of benzene rings is 1. The molecular formula is C9H8O3. The zero-order valence-electron chi connectivity index (χ0n) is 6.32. The molecule has 0 aromatic heterocycles. The Balaban J connectivity index is 2.37. The number of rotatable bonds is 1. The summed E-state index contributed by atoms with van der Waals surface area (Å²) >= 11 is 0. The van der Waals surface area contributed by atoms with Crippen LogP contribution in [0.25, 0.3) is 0 Å². The van der Waals surface area contributed by atoms with Crippen molar-refractivity contribution in [1.82, 2.24) is 0 Å². The average molecular weight is 164 g/mol. The maximum Gasteiger partial charge on any atom is 0.311 e. The van der Waals surface area contributed by atoms with Crippen LogP contribution in [-0.2, 0) is 11.2 Å². The van der Waals surface area contributed by atoms with E-state index < -0.39 is 5.97 Å². The summed E-state index contributed by atoms with van der Waals surface area (Å²) in [6, 6.07) is 4.82. The van der Waals surface area contributed by atoms with E-state index >= 15 is 0 Å². The highest BCUT2D eigenvalue weighted by molar-refractivity contribution is 5.80. The van der Waals surface area contributed by atoms with Gasteiger partial charge in [-0.05, 0) is 29.7 Å². The Morgan fingerprint density at radius 2 is 2.25 bits per heavy atom. The first-order valence-corrected chi connectivity index (χ1v) is 3.73. The molecule has 62 valence electrons. The van der Waals surface area contributed by atoms with Gasteiger partial charge in [-0.1, -0.05) is 6.07 Å². The van der Waals surface area contributed by atoms with Crippen LogP contribution in [0.3, 0.4) is 0 Å². The molecule has 1 unspecified atom stereocenters. The highest BCUT2D eigenvalue weighted by Crippen LogP contribution is 2.36. The van der Waals surface area contributed by atoms with Crippen LogP contribution in [-0.4, -0.2) is 16.2 Å². The number of phenolic OH excluding ortho intramolecular Hbond substituents is 1. The van der Waals surface area contributed by atoms with Crippen LogP contribution < -0.4 is 0 Å². The first-order valence-electron chi connectivity index (χ1n) is 3.73. The fourth-order valence-corrected chi connectivity index (χ4v) is 1.53. The molecule has 3 nitrogen and oxygen atoms in total. The van der Waals surface area contributed by atoms with E-state index in [1.165, 1.54) is 6.07 Å². The number of fused-ring (bicyclic) bond motifs is 1. The summed E-state index contributed by atoms with van der Waals surface area (Å²) in [7, 11) is 0. The molecule has 12 heavy (non-hydrogen) atoms. The maximum absolute atomic E-state index is 10.6. The molecule has 1 aliphatic rings. The normalized spacial score (nSPS) is 19.5. The molecule has 1 aromatic rings. The monoisotopic (exact) mass is 164 g/mol. The van der Waals surface area contributed by atoms with Crippen molar-refractivity contribution < 1.29 is 15.0 Å². The molecule has 0 spiro atoms. The first kappa shape index (κ1) is 7.16. The van der Waals surface area contributed by atoms with Gasteiger partial charge in [0.1, 0.15) is 5.75 Å². The first-order chi connectivity index (χ1) is 5.68. The topological polar surface area (TPSA) is 57.5 Å². The highest BCUT2D eigenvalue weighted by Gasteiger charge is 2.31. The number of carboxylic acids is 1. The van der Waals surface area contributed by atoms with Gasteiger partial charge in [0, 0.05) is 0 Å². The predicted octanol–water partition coefficient (Wildman–Crippen LogP) is 1.12. The zero-order chi connectivity index (χ0) is 8.72. The molecule has 0 bridgehead atoms. The summed E-state index contributed by atoms with van der Waals surface area (Å²) < 4.78 is 0. The molecule has 1 aliphatic carbocycles. The Morgan fingerprint density at radius 3 is 2.83 bits per heavy atom. The third-order valence-electron chi connectivity index (χ3n) is 2.22. The van der Waals surface area contributed by atoms with Crippen molar-refractivity contribution in [1.29, 1.82) is 0 Å². The van der Waals surface area contributed by atoms with Crippen LogP contribution in [0.4, 0.5) is 0 Å². The van der Waals surface area contributed by atoms with Gasteiger partial charge in [-0.2, -0.15) is 0 Å². The predicted molar refractivity (Wildman–Crippen MR) is 42.2 cm³/mol. The van der Waals surface area contributed by atoms with E-state index in [-0.39, 0.29) is 11.7 Å². The minimum absolute atomic E-state index is 0.206. The van der Waals surface area contributed by atoms with Crippen molar-refractivity contribution in [2.75, 3.05) is 0 Å². The molecule has 0 aliphatic heterocycles. The van der Waals surface area contributed by atoms with Crippen LogP contribution in [0.1, 0.15) is 17.0 Å². The fourth-order valence-electron chi connectivity index (χ4n) is 1.53. The van der Waals surface area contributed by atoms with Gasteiger partial charge < -0.3 is 10.2 Å². The molecule has 2 rings (SSSR count). The molecule has 0 heterocycles. The number of hydrogen-bond donors (Lipinski definition) is 2. The summed E-state index contributed by atoms with van der Waals surface area (Å²) in [4.78, 5) is 10.6. The third-order valence-corrected chi connectivity index (χ3v) is 2.22. The summed E-state index contributed by atoms with van der Waals surface area (Å²) in [6.07, 6.45) is 0.541. The maximum atomic E-state index is 10.6. The smallest absolute Gasteiger partial charge is 0.311 e. The second-order valence-corrected chi connectivity index (χ2v) is 2.98. The quantitative estimate of drug-likeness (QED) is 0.653. The summed E-state index contributed by atoms with van der Waals surface area (Å²) in [5.41, 5.74) is 1.78. The number of carboxylic acid groups (broad SMARTS) is 1. The molecule has 0 amide bonds. The Bertz CT molecular complexity index is 344. The highest BCUT2D eigenvalue weighted by atomic mass is 16.4. The fraction of sp³-hybridized carbons (Fsp3) is 0.222. The Labute approximate surface area is 69.3 Å². The van der Waals surface area contributed by atoms with Crippen LogP contribution in [0.15, 0.2) is 18.2 Å². The zero-order valence-corrected chi connectivity index (χ0v) is 6.32. The second-order valence-electron chi connectivity index (χ2n) is 2.98. The van der Waals surface area contributed by atoms with Gasteiger partial charge in [0.2, 0.25) is 0 Å². The molecule has 0 saturated heterocycles. The molecular weight excluding hydrogens is 156 g/mol. The number of aromatic hydroxyl groups is 1. The van der Waals surface area contributed by atoms with Crippen molar-refractivity contribution >= 4 is 5.97 Å². The van der Waals surface area contributed by atoms with Gasteiger partial charge >= 0.3 is 5.97 Å². The molecule has 0 fully saturated rings. The van der Waals surface area contributed by atoms with E-state index in [4.69, 9.17) is 10.2 Å². The van der Waals surface area contributed by atoms with E-state index in [1.54, 1.807) is 12.1 Å². The Hall–Kier alpha value is -1.51. The number of hydrogen-bond acceptors (Lipinski definition) is 2. The average Bonchev–Trinajstić information content (AvgIpc) is 1.94. The number of carbonyl (C=O) groups is 1. The van der Waals surface area contributed by atoms with Crippen molar-refractivity contribution in [3.8, 4) is 5.75 Å². The standard InChI is InChI=1S/C9H8O3/c10-6-1-2-7-5(3-6)4-8(7)9(11)12/h1-3,8,10H,4H2,(H,11,12). The summed E-state index contributed by atoms with van der Waals surface area (Å²) in [5, 5.41) is 17.7. The Morgan fingerprint density at radius 1 is 1.50 bits per heavy atom. The van der Waals surface area contributed by atoms with Crippen LogP contribution in [0.5, 0.6) is 5.75 Å². The second kappa shape index (κ2) is 2.24. The SMILES string of the molecule is O=C(O)C1Cc2cc(O)ccc21.